The van der Waals surface area contributed by atoms with Gasteiger partial charge in [0.2, 0.25) is 0 Å². The summed E-state index contributed by atoms with van der Waals surface area (Å²) in [5, 5.41) is 5.55. The maximum absolute atomic E-state index is 12.6. The van der Waals surface area contributed by atoms with Crippen molar-refractivity contribution in [1.82, 2.24) is 10.6 Å². The topological polar surface area (TPSA) is 137 Å². The fourth-order valence-electron chi connectivity index (χ4n) is 2.18. The highest BCUT2D eigenvalue weighted by atomic mass is 33.1. The van der Waals surface area contributed by atoms with Gasteiger partial charge in [0.15, 0.2) is 0 Å². The third-order valence-electron chi connectivity index (χ3n) is 3.67. The molecule has 36 heavy (non-hydrogen) atoms. The average Bonchev–Trinajstić information content (AvgIpc) is 2.58. The molecule has 210 valence electrons. The van der Waals surface area contributed by atoms with E-state index >= 15 is 0 Å². The minimum absolute atomic E-state index is 0.163. The summed E-state index contributed by atoms with van der Waals surface area (Å²) in [6.07, 6.45) is -0.894. The summed E-state index contributed by atoms with van der Waals surface area (Å²) in [6, 6.07) is -1.04. The second-order valence-corrected chi connectivity index (χ2v) is 14.5. The first-order valence-electron chi connectivity index (χ1n) is 11.5. The van der Waals surface area contributed by atoms with Gasteiger partial charge < -0.3 is 24.8 Å². The maximum Gasteiger partial charge on any atom is 0.408 e. The Morgan fingerprint density at radius 2 is 1.03 bits per heavy atom. The highest BCUT2D eigenvalue weighted by Gasteiger charge is 2.31. The van der Waals surface area contributed by atoms with E-state index in [2.05, 4.69) is 10.6 Å². The molecule has 12 heteroatoms. The van der Waals surface area contributed by atoms with Gasteiger partial charge in [-0.05, 0) is 67.7 Å². The number of carbonyl (C=O) groups excluding carboxylic acids is 5. The molecule has 0 spiro atoms. The van der Waals surface area contributed by atoms with Crippen molar-refractivity contribution in [2.24, 2.45) is 5.41 Å². The van der Waals surface area contributed by atoms with Crippen molar-refractivity contribution in [3.05, 3.63) is 0 Å². The lowest BCUT2D eigenvalue weighted by Gasteiger charge is -2.32. The number of alkyl carbamates (subject to hydrolysis) is 2. The summed E-state index contributed by atoms with van der Waals surface area (Å²) < 4.78 is 16.1. The van der Waals surface area contributed by atoms with Crippen molar-refractivity contribution in [3.63, 3.8) is 0 Å². The largest absolute Gasteiger partial charge is 0.458 e. The van der Waals surface area contributed by atoms with Crippen LogP contribution in [0, 0.1) is 5.41 Å². The highest BCUT2D eigenvalue weighted by Crippen LogP contribution is 2.30. The zero-order chi connectivity index (χ0) is 29.0. The number of carbonyl (C=O) groups is 3. The van der Waals surface area contributed by atoms with Crippen molar-refractivity contribution in [2.45, 2.75) is 112 Å². The van der Waals surface area contributed by atoms with Crippen molar-refractivity contribution >= 4 is 45.9 Å². The second kappa shape index (κ2) is 15.4. The van der Waals surface area contributed by atoms with Crippen LogP contribution in [0.2, 0.25) is 0 Å². The summed E-state index contributed by atoms with van der Waals surface area (Å²) in [5.74, 6) is 0.337. The molecule has 0 bridgehead atoms. The molecule has 2 N–H and O–H groups in total. The quantitative estimate of drug-likeness (QED) is 0.184. The minimum Gasteiger partial charge on any atom is -0.458 e. The molecule has 0 aromatic rings. The van der Waals surface area contributed by atoms with Gasteiger partial charge in [-0.2, -0.15) is 9.59 Å². The molecule has 2 atom stereocenters. The first-order chi connectivity index (χ1) is 16.0. The third-order valence-corrected chi connectivity index (χ3v) is 6.09. The molecular weight excluding hydrogens is 508 g/mol. The number of nitrogens with one attached hydrogen (secondary N) is 2. The van der Waals surface area contributed by atoms with Crippen LogP contribution >= 0.6 is 21.6 Å². The maximum atomic E-state index is 12.6. The van der Waals surface area contributed by atoms with Crippen LogP contribution in [0.4, 0.5) is 9.59 Å². The van der Waals surface area contributed by atoms with E-state index in [1.807, 2.05) is 41.5 Å². The van der Waals surface area contributed by atoms with Gasteiger partial charge in [0.05, 0.1) is 0 Å². The molecule has 0 saturated heterocycles. The lowest BCUT2D eigenvalue weighted by atomic mass is 9.88. The molecule has 0 radical (unpaired) electrons. The normalized spacial score (nSPS) is 13.7. The summed E-state index contributed by atoms with van der Waals surface area (Å²) in [4.78, 5) is 53.4. The molecule has 0 fully saturated rings. The number of amides is 2. The Morgan fingerprint density at radius 1 is 0.667 bits per heavy atom. The Morgan fingerprint density at radius 3 is 1.39 bits per heavy atom. The van der Waals surface area contributed by atoms with Crippen molar-refractivity contribution in [2.75, 3.05) is 11.5 Å². The Hall–Kier alpha value is -1.91. The Labute approximate surface area is 223 Å². The number of esters is 1. The Balaban J connectivity index is 0. The van der Waals surface area contributed by atoms with Gasteiger partial charge in [-0.1, -0.05) is 42.4 Å². The zero-order valence-electron chi connectivity index (χ0n) is 23.7. The van der Waals surface area contributed by atoms with Gasteiger partial charge in [-0.15, -0.1) is 0 Å². The van der Waals surface area contributed by atoms with Crippen LogP contribution in [0.3, 0.4) is 0 Å². The molecule has 10 nitrogen and oxygen atoms in total. The molecule has 0 rings (SSSR count). The van der Waals surface area contributed by atoms with Gasteiger partial charge in [0.1, 0.15) is 22.8 Å². The molecule has 2 amide bonds. The number of hydrogen-bond acceptors (Lipinski definition) is 10. The SMILES string of the molecule is CC(C)(C)OC(=O)N[C@@H](CSSC[C@H](NC(=O)OC(C)(C)C)C(C)(C)C)C(=O)OC(C)(C)C.O=C=O. The standard InChI is InChI=1S/C23H44N2O6S2.CO2/c1-20(2,3)16(25-19(28)31-23(10,11)12)14-33-32-13-15(17(26)29-21(4,5)6)24-18(27)30-22(7,8)9;2-1-3/h15-16H,13-14H2,1-12H3,(H,24,27)(H,25,28);/t15-,16-;/m0./s1. The van der Waals surface area contributed by atoms with Crippen LogP contribution in [-0.4, -0.2) is 64.7 Å². The molecule has 0 aliphatic carbocycles. The molecule has 0 aliphatic rings. The summed E-state index contributed by atoms with van der Waals surface area (Å²) in [6.45, 7) is 22.1. The fourth-order valence-corrected chi connectivity index (χ4v) is 4.84. The van der Waals surface area contributed by atoms with E-state index in [0.717, 1.165) is 0 Å². The monoisotopic (exact) mass is 552 g/mol. The summed E-state index contributed by atoms with van der Waals surface area (Å²) in [5.41, 5.74) is -2.15. The van der Waals surface area contributed by atoms with Crippen molar-refractivity contribution in [1.29, 1.82) is 0 Å². The molecule has 0 saturated carbocycles. The van der Waals surface area contributed by atoms with Crippen LogP contribution in [0.25, 0.3) is 0 Å². The fraction of sp³-hybridized carbons (Fsp3) is 0.833. The predicted octanol–water partition coefficient (Wildman–Crippen LogP) is 4.96. The molecule has 0 unspecified atom stereocenters. The van der Waals surface area contributed by atoms with Crippen LogP contribution in [-0.2, 0) is 28.6 Å². The molecule has 0 aromatic carbocycles. The second-order valence-electron chi connectivity index (χ2n) is 11.9. The lowest BCUT2D eigenvalue weighted by Crippen LogP contribution is -2.48. The van der Waals surface area contributed by atoms with E-state index in [4.69, 9.17) is 23.8 Å². The molecule has 0 aromatic heterocycles. The number of rotatable bonds is 8. The lowest BCUT2D eigenvalue weighted by molar-refractivity contribution is -0.191. The van der Waals surface area contributed by atoms with Gasteiger partial charge in [-0.25, -0.2) is 14.4 Å². The zero-order valence-corrected chi connectivity index (χ0v) is 25.3. The van der Waals surface area contributed by atoms with Gasteiger partial charge in [-0.3, -0.25) is 0 Å². The van der Waals surface area contributed by atoms with E-state index in [1.165, 1.54) is 21.6 Å². The summed E-state index contributed by atoms with van der Waals surface area (Å²) in [7, 11) is 2.91. The van der Waals surface area contributed by atoms with Gasteiger partial charge in [0.25, 0.3) is 0 Å². The Bertz CT molecular complexity index is 741. The predicted molar refractivity (Wildman–Crippen MR) is 142 cm³/mol. The minimum atomic E-state index is -0.872. The molecule has 0 heterocycles. The van der Waals surface area contributed by atoms with E-state index in [9.17, 15) is 14.4 Å². The smallest absolute Gasteiger partial charge is 0.408 e. The first kappa shape index (κ1) is 36.2. The van der Waals surface area contributed by atoms with Crippen molar-refractivity contribution in [3.8, 4) is 0 Å². The number of ether oxygens (including phenoxy) is 3. The van der Waals surface area contributed by atoms with Crippen LogP contribution < -0.4 is 10.6 Å². The van der Waals surface area contributed by atoms with Crippen molar-refractivity contribution < 1.29 is 38.2 Å². The van der Waals surface area contributed by atoms with E-state index < -0.39 is 41.0 Å². The van der Waals surface area contributed by atoms with Crippen LogP contribution in [0.15, 0.2) is 0 Å². The average molecular weight is 553 g/mol. The molecule has 0 aliphatic heterocycles. The van der Waals surface area contributed by atoms with Crippen LogP contribution in [0.1, 0.15) is 83.1 Å². The van der Waals surface area contributed by atoms with Gasteiger partial charge in [0, 0.05) is 17.5 Å². The summed E-state index contributed by atoms with van der Waals surface area (Å²) >= 11 is 0. The van der Waals surface area contributed by atoms with Gasteiger partial charge >= 0.3 is 24.3 Å². The molecular formula is C24H44N2O8S2. The van der Waals surface area contributed by atoms with E-state index in [-0.39, 0.29) is 23.4 Å². The third kappa shape index (κ3) is 21.4. The highest BCUT2D eigenvalue weighted by molar-refractivity contribution is 8.76. The first-order valence-corrected chi connectivity index (χ1v) is 13.9. The number of hydrogen-bond donors (Lipinski definition) is 2. The Kier molecular flexibility index (Phi) is 15.5. The van der Waals surface area contributed by atoms with E-state index in [0.29, 0.717) is 5.75 Å². The van der Waals surface area contributed by atoms with Crippen LogP contribution in [0.5, 0.6) is 0 Å². The van der Waals surface area contributed by atoms with E-state index in [1.54, 1.807) is 41.5 Å².